The van der Waals surface area contributed by atoms with Crippen LogP contribution >= 0.6 is 11.6 Å². The van der Waals surface area contributed by atoms with Crippen molar-refractivity contribution in [3.63, 3.8) is 0 Å². The lowest BCUT2D eigenvalue weighted by atomic mass is 9.88. The lowest BCUT2D eigenvalue weighted by Crippen LogP contribution is -2.49. The van der Waals surface area contributed by atoms with Crippen molar-refractivity contribution in [2.24, 2.45) is 0 Å². The summed E-state index contributed by atoms with van der Waals surface area (Å²) in [5.74, 6) is 1.34. The third-order valence-electron chi connectivity index (χ3n) is 6.15. The Morgan fingerprint density at radius 1 is 1.14 bits per heavy atom. The summed E-state index contributed by atoms with van der Waals surface area (Å²) < 4.78 is 28.1. The number of halogens is 1. The van der Waals surface area contributed by atoms with E-state index in [2.05, 4.69) is 0 Å². The summed E-state index contributed by atoms with van der Waals surface area (Å²) in [6, 6.07) is 15.3. The number of benzene rings is 3. The maximum absolute atomic E-state index is 12.2. The Kier molecular flexibility index (Phi) is 6.25. The number of aliphatic hydroxyl groups excluding tert-OH is 2. The third kappa shape index (κ3) is 3.93. The van der Waals surface area contributed by atoms with Gasteiger partial charge >= 0.3 is 5.00 Å². The molecule has 0 fully saturated rings. The average molecular weight is 516 g/mol. The van der Waals surface area contributed by atoms with Gasteiger partial charge in [-0.1, -0.05) is 30.3 Å². The summed E-state index contributed by atoms with van der Waals surface area (Å²) in [5.41, 5.74) is 1.50. The van der Waals surface area contributed by atoms with Gasteiger partial charge in [0.15, 0.2) is 29.1 Å². The fourth-order valence-electron chi connectivity index (χ4n) is 4.32. The number of aliphatic hydroxyl groups is 2. The lowest BCUT2D eigenvalue weighted by Gasteiger charge is -2.37. The predicted octanol–water partition coefficient (Wildman–Crippen LogP) is 3.87. The number of nitro groups is 1. The van der Waals surface area contributed by atoms with E-state index >= 15 is 0 Å². The SMILES string of the molecule is COc1cc([C@@H]2Oc3cc4c(cc3[C@H](O)[C@@]2(Cl)[N+](=O)[O-])OCO4)cc(CO)c1OCc1ccccc1. The summed E-state index contributed by atoms with van der Waals surface area (Å²) in [4.78, 5) is 8.94. The molecule has 5 rings (SSSR count). The molecule has 188 valence electrons. The molecule has 0 amide bonds. The second-order valence-corrected chi connectivity index (χ2v) is 8.88. The number of fused-ring (bicyclic) bond motifs is 2. The van der Waals surface area contributed by atoms with E-state index in [1.54, 1.807) is 0 Å². The standard InChI is InChI=1S/C25H22ClNO9/c1-32-21-8-15(7-16(11-28)22(21)33-12-14-5-3-2-4-6-14)24-25(26,27(30)31)23(29)17-9-19-20(35-13-34-19)10-18(17)36-24/h2-10,23-24,28-29H,11-13H2,1H3/t23-,24-,25+/m0/s1. The summed E-state index contributed by atoms with van der Waals surface area (Å²) >= 11 is 6.53. The Balaban J connectivity index is 1.57. The van der Waals surface area contributed by atoms with Crippen molar-refractivity contribution >= 4 is 11.6 Å². The lowest BCUT2D eigenvalue weighted by molar-refractivity contribution is -0.570. The Labute approximate surface area is 210 Å². The molecular weight excluding hydrogens is 494 g/mol. The summed E-state index contributed by atoms with van der Waals surface area (Å²) in [6.07, 6.45) is -3.21. The van der Waals surface area contributed by atoms with Gasteiger partial charge in [0.05, 0.1) is 18.6 Å². The van der Waals surface area contributed by atoms with Crippen molar-refractivity contribution in [2.75, 3.05) is 13.9 Å². The van der Waals surface area contributed by atoms with Crippen LogP contribution in [-0.4, -0.2) is 34.0 Å². The molecular formula is C25H22ClNO9. The zero-order valence-electron chi connectivity index (χ0n) is 19.0. The van der Waals surface area contributed by atoms with Crippen molar-refractivity contribution < 1.29 is 38.8 Å². The van der Waals surface area contributed by atoms with Gasteiger partial charge in [-0.15, -0.1) is 0 Å². The number of nitrogens with zero attached hydrogens (tertiary/aromatic N) is 1. The van der Waals surface area contributed by atoms with Crippen LogP contribution in [0.1, 0.15) is 34.5 Å². The molecule has 0 saturated carbocycles. The minimum Gasteiger partial charge on any atom is -0.493 e. The zero-order chi connectivity index (χ0) is 25.4. The molecule has 36 heavy (non-hydrogen) atoms. The maximum Gasteiger partial charge on any atom is 0.364 e. The van der Waals surface area contributed by atoms with Gasteiger partial charge in [0, 0.05) is 22.8 Å². The van der Waals surface area contributed by atoms with Crippen LogP contribution in [0, 0.1) is 10.1 Å². The highest BCUT2D eigenvalue weighted by atomic mass is 35.5. The molecule has 2 aliphatic rings. The highest BCUT2D eigenvalue weighted by Crippen LogP contribution is 2.55. The molecule has 0 aromatic heterocycles. The molecule has 10 nitrogen and oxygen atoms in total. The molecule has 3 aromatic rings. The van der Waals surface area contributed by atoms with Gasteiger partial charge in [-0.25, -0.2) is 0 Å². The van der Waals surface area contributed by atoms with E-state index < -0.39 is 28.7 Å². The molecule has 0 spiro atoms. The second kappa shape index (κ2) is 9.38. The molecule has 0 radical (unpaired) electrons. The normalized spacial score (nSPS) is 21.9. The van der Waals surface area contributed by atoms with Crippen LogP contribution in [-0.2, 0) is 13.2 Å². The Hall–Kier alpha value is -3.73. The molecule has 0 bridgehead atoms. The fraction of sp³-hybridized carbons (Fsp3) is 0.280. The average Bonchev–Trinajstić information content (AvgIpc) is 3.36. The Bertz CT molecular complexity index is 1280. The zero-order valence-corrected chi connectivity index (χ0v) is 19.8. The molecule has 11 heteroatoms. The molecule has 2 N–H and O–H groups in total. The van der Waals surface area contributed by atoms with E-state index in [-0.39, 0.29) is 41.8 Å². The highest BCUT2D eigenvalue weighted by molar-refractivity contribution is 6.23. The Morgan fingerprint density at radius 3 is 2.53 bits per heavy atom. The topological polar surface area (TPSA) is 130 Å². The maximum atomic E-state index is 12.2. The number of alkyl halides is 1. The van der Waals surface area contributed by atoms with Crippen LogP contribution in [0.5, 0.6) is 28.7 Å². The Morgan fingerprint density at radius 2 is 1.86 bits per heavy atom. The first-order chi connectivity index (χ1) is 17.4. The van der Waals surface area contributed by atoms with E-state index in [1.807, 2.05) is 30.3 Å². The van der Waals surface area contributed by atoms with Crippen molar-refractivity contribution in [2.45, 2.75) is 30.4 Å². The first-order valence-electron chi connectivity index (χ1n) is 11.0. The van der Waals surface area contributed by atoms with Crippen LogP contribution in [0.2, 0.25) is 0 Å². The number of methoxy groups -OCH3 is 1. The molecule has 0 aliphatic carbocycles. The van der Waals surface area contributed by atoms with Gasteiger partial charge in [-0.05, 0) is 35.4 Å². The van der Waals surface area contributed by atoms with Crippen LogP contribution in [0.15, 0.2) is 54.6 Å². The number of hydrogen-bond donors (Lipinski definition) is 2. The number of hydrogen-bond acceptors (Lipinski definition) is 9. The molecule has 0 saturated heterocycles. The predicted molar refractivity (Wildman–Crippen MR) is 126 cm³/mol. The van der Waals surface area contributed by atoms with Gasteiger partial charge in [-0.3, -0.25) is 10.1 Å². The van der Waals surface area contributed by atoms with Crippen LogP contribution in [0.3, 0.4) is 0 Å². The van der Waals surface area contributed by atoms with Crippen LogP contribution < -0.4 is 23.7 Å². The highest BCUT2D eigenvalue weighted by Gasteiger charge is 2.62. The van der Waals surface area contributed by atoms with E-state index in [1.165, 1.54) is 31.4 Å². The summed E-state index contributed by atoms with van der Waals surface area (Å²) in [5, 5.41) is 33.4. The van der Waals surface area contributed by atoms with E-state index in [9.17, 15) is 20.3 Å². The monoisotopic (exact) mass is 515 g/mol. The first-order valence-corrected chi connectivity index (χ1v) is 11.3. The molecule has 3 aromatic carbocycles. The summed E-state index contributed by atoms with van der Waals surface area (Å²) in [7, 11) is 1.41. The molecule has 2 heterocycles. The van der Waals surface area contributed by atoms with Gasteiger partial charge in [0.2, 0.25) is 12.9 Å². The number of rotatable bonds is 7. The quantitative estimate of drug-likeness (QED) is 0.208. The van der Waals surface area contributed by atoms with Crippen LogP contribution in [0.25, 0.3) is 0 Å². The molecule has 0 unspecified atom stereocenters. The van der Waals surface area contributed by atoms with Crippen LogP contribution in [0.4, 0.5) is 0 Å². The second-order valence-electron chi connectivity index (χ2n) is 8.27. The van der Waals surface area contributed by atoms with Gasteiger partial charge in [-0.2, -0.15) is 0 Å². The smallest absolute Gasteiger partial charge is 0.364 e. The first kappa shape index (κ1) is 24.0. The third-order valence-corrected chi connectivity index (χ3v) is 6.69. The minimum absolute atomic E-state index is 0.0273. The minimum atomic E-state index is -2.50. The van der Waals surface area contributed by atoms with E-state index in [0.29, 0.717) is 17.1 Å². The van der Waals surface area contributed by atoms with Gasteiger partial charge in [0.1, 0.15) is 12.4 Å². The van der Waals surface area contributed by atoms with Crippen molar-refractivity contribution in [3.05, 3.63) is 87.0 Å². The number of ether oxygens (including phenoxy) is 5. The van der Waals surface area contributed by atoms with Crippen molar-refractivity contribution in [1.29, 1.82) is 0 Å². The van der Waals surface area contributed by atoms with Gasteiger partial charge < -0.3 is 33.9 Å². The van der Waals surface area contributed by atoms with E-state index in [0.717, 1.165) is 5.56 Å². The summed E-state index contributed by atoms with van der Waals surface area (Å²) in [6.45, 7) is -0.274. The van der Waals surface area contributed by atoms with Crippen molar-refractivity contribution in [1.82, 2.24) is 0 Å². The molecule has 3 atom stereocenters. The fourth-order valence-corrected chi connectivity index (χ4v) is 4.61. The van der Waals surface area contributed by atoms with Crippen molar-refractivity contribution in [3.8, 4) is 28.7 Å². The largest absolute Gasteiger partial charge is 0.493 e. The van der Waals surface area contributed by atoms with E-state index in [4.69, 9.17) is 35.3 Å². The molecule has 2 aliphatic heterocycles. The van der Waals surface area contributed by atoms with Gasteiger partial charge in [0.25, 0.3) is 0 Å².